The number of nitro groups is 1. The summed E-state index contributed by atoms with van der Waals surface area (Å²) < 4.78 is 13.4. The van der Waals surface area contributed by atoms with Gasteiger partial charge in [0.2, 0.25) is 0 Å². The molecule has 30 heavy (non-hydrogen) atoms. The van der Waals surface area contributed by atoms with Crippen LogP contribution in [-0.4, -0.2) is 58.7 Å². The van der Waals surface area contributed by atoms with Gasteiger partial charge < -0.3 is 14.9 Å². The van der Waals surface area contributed by atoms with Gasteiger partial charge in [-0.15, -0.1) is 0 Å². The van der Waals surface area contributed by atoms with E-state index in [2.05, 4.69) is 0 Å². The SMILES string of the molecule is CN(C)CCN1C(=O)C(=O)/C(=C(\O)c2ccc([N+](=O)[O-])cc2)C1c1ccc(F)cc1. The Morgan fingerprint density at radius 3 is 2.27 bits per heavy atom. The molecule has 156 valence electrons. The molecule has 0 radical (unpaired) electrons. The summed E-state index contributed by atoms with van der Waals surface area (Å²) in [5.74, 6) is -2.54. The van der Waals surface area contributed by atoms with Crippen LogP contribution < -0.4 is 0 Å². The number of aliphatic hydroxyl groups is 1. The molecular weight excluding hydrogens is 393 g/mol. The van der Waals surface area contributed by atoms with Crippen molar-refractivity contribution in [2.45, 2.75) is 6.04 Å². The van der Waals surface area contributed by atoms with Crippen LogP contribution in [0.4, 0.5) is 10.1 Å². The standard InChI is InChI=1S/C21H20FN3O5/c1-23(2)11-12-24-18(13-3-7-15(22)8-4-13)17(20(27)21(24)28)19(26)14-5-9-16(10-6-14)25(29)30/h3-10,18,26H,11-12H2,1-2H3/b19-17-. The number of likely N-dealkylation sites (N-methyl/N-ethyl adjacent to an activating group) is 1. The molecule has 1 saturated heterocycles. The van der Waals surface area contributed by atoms with Crippen LogP contribution in [0.25, 0.3) is 5.76 Å². The van der Waals surface area contributed by atoms with E-state index in [1.165, 1.54) is 53.4 Å². The van der Waals surface area contributed by atoms with Gasteiger partial charge in [-0.3, -0.25) is 19.7 Å². The molecule has 0 saturated carbocycles. The van der Waals surface area contributed by atoms with Crippen molar-refractivity contribution in [2.24, 2.45) is 0 Å². The Hall–Kier alpha value is -3.59. The Kier molecular flexibility index (Phi) is 5.93. The van der Waals surface area contributed by atoms with Gasteiger partial charge in [-0.2, -0.15) is 0 Å². The number of aliphatic hydroxyl groups excluding tert-OH is 1. The predicted octanol–water partition coefficient (Wildman–Crippen LogP) is 2.72. The Morgan fingerprint density at radius 2 is 1.73 bits per heavy atom. The van der Waals surface area contributed by atoms with Crippen molar-refractivity contribution in [3.8, 4) is 0 Å². The second kappa shape index (κ2) is 8.42. The fourth-order valence-electron chi connectivity index (χ4n) is 3.31. The Morgan fingerprint density at radius 1 is 1.13 bits per heavy atom. The summed E-state index contributed by atoms with van der Waals surface area (Å²) >= 11 is 0. The van der Waals surface area contributed by atoms with Crippen molar-refractivity contribution in [1.82, 2.24) is 9.80 Å². The average Bonchev–Trinajstić information content (AvgIpc) is 2.97. The van der Waals surface area contributed by atoms with Crippen molar-refractivity contribution in [3.05, 3.63) is 81.2 Å². The first-order valence-corrected chi connectivity index (χ1v) is 9.14. The number of Topliss-reactive ketones (excluding diaryl/α,β-unsaturated/α-hetero) is 1. The van der Waals surface area contributed by atoms with Crippen molar-refractivity contribution < 1.29 is 24.0 Å². The van der Waals surface area contributed by atoms with Gasteiger partial charge in [0.1, 0.15) is 11.6 Å². The molecule has 2 aromatic rings. The number of carbonyl (C=O) groups is 2. The second-order valence-electron chi connectivity index (χ2n) is 7.15. The molecule has 1 aliphatic heterocycles. The number of carbonyl (C=O) groups excluding carboxylic acids is 2. The summed E-state index contributed by atoms with van der Waals surface area (Å²) in [7, 11) is 3.64. The lowest BCUT2D eigenvalue weighted by molar-refractivity contribution is -0.384. The van der Waals surface area contributed by atoms with Crippen LogP contribution in [0.1, 0.15) is 17.2 Å². The van der Waals surface area contributed by atoms with E-state index in [9.17, 15) is 29.2 Å². The number of nitrogens with zero attached hydrogens (tertiary/aromatic N) is 3. The van der Waals surface area contributed by atoms with E-state index in [1.54, 1.807) is 0 Å². The molecule has 0 aromatic heterocycles. The van der Waals surface area contributed by atoms with Gasteiger partial charge in [-0.25, -0.2) is 4.39 Å². The maximum absolute atomic E-state index is 13.4. The van der Waals surface area contributed by atoms with Gasteiger partial charge in [0.05, 0.1) is 16.5 Å². The average molecular weight is 413 g/mol. The zero-order valence-electron chi connectivity index (χ0n) is 16.4. The Bertz CT molecular complexity index is 1020. The zero-order valence-corrected chi connectivity index (χ0v) is 16.4. The molecule has 1 amide bonds. The largest absolute Gasteiger partial charge is 0.507 e. The summed E-state index contributed by atoms with van der Waals surface area (Å²) in [6, 6.07) is 9.45. The van der Waals surface area contributed by atoms with E-state index in [-0.39, 0.29) is 23.4 Å². The van der Waals surface area contributed by atoms with E-state index in [0.717, 1.165) is 0 Å². The summed E-state index contributed by atoms with van der Waals surface area (Å²) in [5, 5.41) is 21.7. The van der Waals surface area contributed by atoms with Crippen LogP contribution in [0.3, 0.4) is 0 Å². The minimum atomic E-state index is -0.902. The van der Waals surface area contributed by atoms with Gasteiger partial charge in [-0.05, 0) is 43.9 Å². The number of hydrogen-bond acceptors (Lipinski definition) is 6. The quantitative estimate of drug-likeness (QED) is 0.257. The van der Waals surface area contributed by atoms with Gasteiger partial charge in [0.25, 0.3) is 17.4 Å². The molecule has 3 rings (SSSR count). The van der Waals surface area contributed by atoms with Crippen LogP contribution in [0.2, 0.25) is 0 Å². The molecule has 9 heteroatoms. The fourth-order valence-corrected chi connectivity index (χ4v) is 3.31. The van der Waals surface area contributed by atoms with E-state index in [4.69, 9.17) is 0 Å². The molecule has 1 unspecified atom stereocenters. The molecule has 0 spiro atoms. The van der Waals surface area contributed by atoms with Crippen molar-refractivity contribution >= 4 is 23.1 Å². The molecule has 1 aliphatic rings. The van der Waals surface area contributed by atoms with Gasteiger partial charge in [-0.1, -0.05) is 12.1 Å². The number of rotatable bonds is 6. The minimum absolute atomic E-state index is 0.140. The van der Waals surface area contributed by atoms with E-state index in [0.29, 0.717) is 12.1 Å². The number of benzene rings is 2. The highest BCUT2D eigenvalue weighted by molar-refractivity contribution is 6.46. The molecule has 8 nitrogen and oxygen atoms in total. The van der Waals surface area contributed by atoms with Crippen molar-refractivity contribution in [2.75, 3.05) is 27.2 Å². The summed E-state index contributed by atoms with van der Waals surface area (Å²) in [6.07, 6.45) is 0. The number of amides is 1. The third kappa shape index (κ3) is 4.06. The first-order chi connectivity index (χ1) is 14.2. The highest BCUT2D eigenvalue weighted by Gasteiger charge is 2.45. The predicted molar refractivity (Wildman–Crippen MR) is 107 cm³/mol. The minimum Gasteiger partial charge on any atom is -0.507 e. The number of hydrogen-bond donors (Lipinski definition) is 1. The molecule has 0 bridgehead atoms. The Balaban J connectivity index is 2.12. The van der Waals surface area contributed by atoms with Crippen LogP contribution in [0.15, 0.2) is 54.1 Å². The zero-order chi connectivity index (χ0) is 22.0. The van der Waals surface area contributed by atoms with E-state index in [1.807, 2.05) is 19.0 Å². The Labute approximate surface area is 172 Å². The third-order valence-electron chi connectivity index (χ3n) is 4.87. The van der Waals surface area contributed by atoms with Crippen molar-refractivity contribution in [1.29, 1.82) is 0 Å². The molecule has 2 aromatic carbocycles. The fraction of sp³-hybridized carbons (Fsp3) is 0.238. The molecular formula is C21H20FN3O5. The number of halogens is 1. The number of ketones is 1. The first-order valence-electron chi connectivity index (χ1n) is 9.14. The lowest BCUT2D eigenvalue weighted by atomic mass is 9.95. The second-order valence-corrected chi connectivity index (χ2v) is 7.15. The lowest BCUT2D eigenvalue weighted by Crippen LogP contribution is -2.35. The third-order valence-corrected chi connectivity index (χ3v) is 4.87. The molecule has 1 heterocycles. The number of non-ortho nitro benzene ring substituents is 1. The highest BCUT2D eigenvalue weighted by atomic mass is 19.1. The summed E-state index contributed by atoms with van der Waals surface area (Å²) in [4.78, 5) is 39.0. The van der Waals surface area contributed by atoms with Crippen LogP contribution in [-0.2, 0) is 9.59 Å². The maximum atomic E-state index is 13.4. The molecule has 1 N–H and O–H groups in total. The summed E-state index contributed by atoms with van der Waals surface area (Å²) in [6.45, 7) is 0.693. The van der Waals surface area contributed by atoms with Crippen LogP contribution in [0.5, 0.6) is 0 Å². The number of likely N-dealkylation sites (tertiary alicyclic amines) is 1. The maximum Gasteiger partial charge on any atom is 0.295 e. The molecule has 1 atom stereocenters. The van der Waals surface area contributed by atoms with E-state index < -0.39 is 34.2 Å². The van der Waals surface area contributed by atoms with Gasteiger partial charge in [0, 0.05) is 30.8 Å². The van der Waals surface area contributed by atoms with Crippen molar-refractivity contribution in [3.63, 3.8) is 0 Å². The lowest BCUT2D eigenvalue weighted by Gasteiger charge is -2.26. The monoisotopic (exact) mass is 413 g/mol. The highest BCUT2D eigenvalue weighted by Crippen LogP contribution is 2.39. The normalized spacial score (nSPS) is 18.3. The van der Waals surface area contributed by atoms with Gasteiger partial charge >= 0.3 is 0 Å². The summed E-state index contributed by atoms with van der Waals surface area (Å²) in [5.41, 5.74) is 0.323. The van der Waals surface area contributed by atoms with Crippen LogP contribution in [0, 0.1) is 15.9 Å². The van der Waals surface area contributed by atoms with E-state index >= 15 is 0 Å². The van der Waals surface area contributed by atoms with Gasteiger partial charge in [0.15, 0.2) is 0 Å². The first kappa shape index (κ1) is 21.1. The number of nitro benzene ring substituents is 1. The molecule has 0 aliphatic carbocycles. The smallest absolute Gasteiger partial charge is 0.295 e. The topological polar surface area (TPSA) is 104 Å². The van der Waals surface area contributed by atoms with Crippen LogP contribution >= 0.6 is 0 Å². The molecule has 1 fully saturated rings.